The maximum Gasteiger partial charge on any atom is 0.164 e. The first kappa shape index (κ1) is 16.1. The molecule has 0 heterocycles. The van der Waals surface area contributed by atoms with E-state index in [2.05, 4.69) is 5.48 Å². The van der Waals surface area contributed by atoms with Crippen LogP contribution in [-0.4, -0.2) is 21.3 Å². The van der Waals surface area contributed by atoms with E-state index >= 15 is 0 Å². The Labute approximate surface area is 130 Å². The number of ether oxygens (including phenoxy) is 3. The Morgan fingerprint density at radius 2 is 1.45 bits per heavy atom. The third-order valence-corrected chi connectivity index (χ3v) is 3.24. The van der Waals surface area contributed by atoms with Crippen LogP contribution in [0.1, 0.15) is 11.1 Å². The minimum absolute atomic E-state index is 0.358. The number of hydrogen-bond donors (Lipinski definition) is 1. The van der Waals surface area contributed by atoms with E-state index in [-0.39, 0.29) is 0 Å². The highest BCUT2D eigenvalue weighted by Crippen LogP contribution is 2.34. The summed E-state index contributed by atoms with van der Waals surface area (Å²) in [6.45, 7) is 0.993. The Morgan fingerprint density at radius 1 is 0.818 bits per heavy atom. The summed E-state index contributed by atoms with van der Waals surface area (Å²) in [6, 6.07) is 13.7. The van der Waals surface area contributed by atoms with Crippen molar-refractivity contribution in [3.63, 3.8) is 0 Å². The van der Waals surface area contributed by atoms with Crippen molar-refractivity contribution in [1.82, 2.24) is 5.48 Å². The molecular formula is C17H21NO4. The third kappa shape index (κ3) is 4.13. The van der Waals surface area contributed by atoms with Crippen molar-refractivity contribution in [3.8, 4) is 17.2 Å². The lowest BCUT2D eigenvalue weighted by molar-refractivity contribution is 0.0224. The predicted molar refractivity (Wildman–Crippen MR) is 84.2 cm³/mol. The summed E-state index contributed by atoms with van der Waals surface area (Å²) in [5.74, 6) is 1.96. The summed E-state index contributed by atoms with van der Waals surface area (Å²) in [5.41, 5.74) is 4.97. The maximum atomic E-state index is 5.51. The molecule has 0 atom stereocenters. The smallest absolute Gasteiger partial charge is 0.164 e. The zero-order valence-corrected chi connectivity index (χ0v) is 13.1. The molecule has 0 saturated heterocycles. The number of nitrogens with one attached hydrogen (secondary N) is 1. The molecule has 118 valence electrons. The van der Waals surface area contributed by atoms with E-state index in [1.807, 2.05) is 36.4 Å². The molecule has 22 heavy (non-hydrogen) atoms. The van der Waals surface area contributed by atoms with Gasteiger partial charge in [0.2, 0.25) is 0 Å². The van der Waals surface area contributed by atoms with Crippen molar-refractivity contribution in [1.29, 1.82) is 0 Å². The normalized spacial score (nSPS) is 10.3. The summed E-state index contributed by atoms with van der Waals surface area (Å²) in [5, 5.41) is 0. The molecule has 0 aromatic heterocycles. The molecule has 0 bridgehead atoms. The van der Waals surface area contributed by atoms with Gasteiger partial charge in [0.05, 0.1) is 27.9 Å². The molecule has 0 fully saturated rings. The van der Waals surface area contributed by atoms with Crippen molar-refractivity contribution in [3.05, 3.63) is 53.6 Å². The molecule has 0 amide bonds. The largest absolute Gasteiger partial charge is 0.496 e. The van der Waals surface area contributed by atoms with E-state index in [4.69, 9.17) is 19.0 Å². The number of rotatable bonds is 8. The van der Waals surface area contributed by atoms with E-state index in [0.717, 1.165) is 11.1 Å². The molecule has 0 aliphatic carbocycles. The van der Waals surface area contributed by atoms with Crippen LogP contribution in [0.25, 0.3) is 0 Å². The van der Waals surface area contributed by atoms with Gasteiger partial charge in [-0.3, -0.25) is 4.84 Å². The SMILES string of the molecule is COc1cc(OC)c(OC)cc1CONCc1ccccc1. The summed E-state index contributed by atoms with van der Waals surface area (Å²) in [4.78, 5) is 5.51. The van der Waals surface area contributed by atoms with E-state index in [9.17, 15) is 0 Å². The first-order valence-electron chi connectivity index (χ1n) is 6.96. The molecule has 1 N–H and O–H groups in total. The predicted octanol–water partition coefficient (Wildman–Crippen LogP) is 2.93. The number of benzene rings is 2. The van der Waals surface area contributed by atoms with Crippen molar-refractivity contribution in [2.45, 2.75) is 13.2 Å². The number of hydrogen-bond acceptors (Lipinski definition) is 5. The fraction of sp³-hybridized carbons (Fsp3) is 0.294. The van der Waals surface area contributed by atoms with Crippen molar-refractivity contribution in [2.24, 2.45) is 0 Å². The fourth-order valence-corrected chi connectivity index (χ4v) is 2.06. The van der Waals surface area contributed by atoms with Crippen LogP contribution in [0.3, 0.4) is 0 Å². The summed E-state index contributed by atoms with van der Waals surface area (Å²) < 4.78 is 15.9. The van der Waals surface area contributed by atoms with E-state index in [0.29, 0.717) is 30.4 Å². The topological polar surface area (TPSA) is 49.0 Å². The Hall–Kier alpha value is -2.24. The molecular weight excluding hydrogens is 282 g/mol. The first-order valence-corrected chi connectivity index (χ1v) is 6.96. The van der Waals surface area contributed by atoms with Crippen molar-refractivity contribution >= 4 is 0 Å². The van der Waals surface area contributed by atoms with Crippen LogP contribution in [0.4, 0.5) is 0 Å². The van der Waals surface area contributed by atoms with Gasteiger partial charge in [0.25, 0.3) is 0 Å². The second-order valence-electron chi connectivity index (χ2n) is 4.61. The van der Waals surface area contributed by atoms with Crippen LogP contribution in [-0.2, 0) is 18.0 Å². The molecule has 2 rings (SSSR count). The van der Waals surface area contributed by atoms with Gasteiger partial charge in [-0.05, 0) is 11.6 Å². The van der Waals surface area contributed by atoms with Gasteiger partial charge in [-0.1, -0.05) is 30.3 Å². The van der Waals surface area contributed by atoms with E-state index in [1.165, 1.54) is 0 Å². The Kier molecular flexibility index (Phi) is 6.06. The Bertz CT molecular complexity index is 587. The standard InChI is InChI=1S/C17H21NO4/c1-19-15-10-17(21-3)16(20-2)9-14(15)12-22-18-11-13-7-5-4-6-8-13/h4-10,18H,11-12H2,1-3H3. The van der Waals surface area contributed by atoms with Gasteiger partial charge in [-0.15, -0.1) is 0 Å². The van der Waals surface area contributed by atoms with Crippen LogP contribution in [0, 0.1) is 0 Å². The second kappa shape index (κ2) is 8.26. The summed E-state index contributed by atoms with van der Waals surface area (Å²) in [6.07, 6.45) is 0. The average molecular weight is 303 g/mol. The molecule has 5 heteroatoms. The fourth-order valence-electron chi connectivity index (χ4n) is 2.06. The average Bonchev–Trinajstić information content (AvgIpc) is 2.58. The maximum absolute atomic E-state index is 5.51. The molecule has 5 nitrogen and oxygen atoms in total. The van der Waals surface area contributed by atoms with E-state index in [1.54, 1.807) is 27.4 Å². The Morgan fingerprint density at radius 3 is 2.09 bits per heavy atom. The van der Waals surface area contributed by atoms with Gasteiger partial charge in [0, 0.05) is 18.2 Å². The zero-order chi connectivity index (χ0) is 15.8. The zero-order valence-electron chi connectivity index (χ0n) is 13.1. The van der Waals surface area contributed by atoms with Gasteiger partial charge in [0.1, 0.15) is 5.75 Å². The monoisotopic (exact) mass is 303 g/mol. The molecule has 0 unspecified atom stereocenters. The molecule has 2 aromatic rings. The van der Waals surface area contributed by atoms with Crippen LogP contribution in [0.15, 0.2) is 42.5 Å². The van der Waals surface area contributed by atoms with Crippen LogP contribution < -0.4 is 19.7 Å². The quantitative estimate of drug-likeness (QED) is 0.600. The van der Waals surface area contributed by atoms with Crippen LogP contribution in [0.2, 0.25) is 0 Å². The van der Waals surface area contributed by atoms with Crippen molar-refractivity contribution in [2.75, 3.05) is 21.3 Å². The highest BCUT2D eigenvalue weighted by molar-refractivity contribution is 5.50. The molecule has 0 aliphatic heterocycles. The highest BCUT2D eigenvalue weighted by Gasteiger charge is 2.11. The van der Waals surface area contributed by atoms with E-state index < -0.39 is 0 Å². The van der Waals surface area contributed by atoms with Crippen LogP contribution in [0.5, 0.6) is 17.2 Å². The minimum Gasteiger partial charge on any atom is -0.496 e. The molecule has 0 spiro atoms. The highest BCUT2D eigenvalue weighted by atomic mass is 16.6. The van der Waals surface area contributed by atoms with Gasteiger partial charge < -0.3 is 14.2 Å². The molecule has 0 aliphatic rings. The van der Waals surface area contributed by atoms with Crippen molar-refractivity contribution < 1.29 is 19.0 Å². The lowest BCUT2D eigenvalue weighted by Crippen LogP contribution is -2.14. The van der Waals surface area contributed by atoms with Gasteiger partial charge >= 0.3 is 0 Å². The van der Waals surface area contributed by atoms with Crippen LogP contribution >= 0.6 is 0 Å². The summed E-state index contributed by atoms with van der Waals surface area (Å²) >= 11 is 0. The summed E-state index contributed by atoms with van der Waals surface area (Å²) in [7, 11) is 4.81. The number of methoxy groups -OCH3 is 3. The third-order valence-electron chi connectivity index (χ3n) is 3.24. The van der Waals surface area contributed by atoms with Gasteiger partial charge in [-0.2, -0.15) is 5.48 Å². The second-order valence-corrected chi connectivity index (χ2v) is 4.61. The Balaban J connectivity index is 1.96. The van der Waals surface area contributed by atoms with Gasteiger partial charge in [0.15, 0.2) is 11.5 Å². The first-order chi connectivity index (χ1) is 10.8. The van der Waals surface area contributed by atoms with Gasteiger partial charge in [-0.25, -0.2) is 0 Å². The molecule has 0 saturated carbocycles. The molecule has 2 aromatic carbocycles. The lowest BCUT2D eigenvalue weighted by atomic mass is 10.2. The molecule has 0 radical (unpaired) electrons. The minimum atomic E-state index is 0.358. The number of hydroxylamine groups is 1. The lowest BCUT2D eigenvalue weighted by Gasteiger charge is -2.14.